The Balaban J connectivity index is 2.25. The molecule has 2 aliphatic rings. The third-order valence-corrected chi connectivity index (χ3v) is 3.06. The van der Waals surface area contributed by atoms with Crippen molar-refractivity contribution in [3.8, 4) is 0 Å². The van der Waals surface area contributed by atoms with E-state index in [0.717, 1.165) is 0 Å². The largest absolute Gasteiger partial charge is 0.495 e. The lowest BCUT2D eigenvalue weighted by atomic mass is 9.78. The third kappa shape index (κ3) is 2.82. The number of hydrogen-bond acceptors (Lipinski definition) is 4. The van der Waals surface area contributed by atoms with Crippen LogP contribution in [-0.4, -0.2) is 30.6 Å². The van der Waals surface area contributed by atoms with Gasteiger partial charge in [0.05, 0.1) is 6.61 Å². The van der Waals surface area contributed by atoms with Crippen molar-refractivity contribution >= 4 is 12.3 Å². The molecule has 2 amide bonds. The van der Waals surface area contributed by atoms with Crippen molar-refractivity contribution in [1.29, 1.82) is 0 Å². The van der Waals surface area contributed by atoms with Gasteiger partial charge in [0.2, 0.25) is 6.41 Å². The van der Waals surface area contributed by atoms with E-state index in [1.54, 1.807) is 12.2 Å². The first-order chi connectivity index (χ1) is 9.27. The molecule has 2 aliphatic carbocycles. The van der Waals surface area contributed by atoms with Crippen molar-refractivity contribution in [2.24, 2.45) is 11.8 Å². The van der Waals surface area contributed by atoms with Gasteiger partial charge in [-0.15, -0.1) is 0 Å². The second-order valence-electron chi connectivity index (χ2n) is 4.18. The van der Waals surface area contributed by atoms with Gasteiger partial charge < -0.3 is 9.84 Å². The van der Waals surface area contributed by atoms with Gasteiger partial charge in [0.15, 0.2) is 0 Å². The number of imide groups is 1. The minimum atomic E-state index is -0.401. The van der Waals surface area contributed by atoms with Crippen LogP contribution in [0.15, 0.2) is 47.8 Å². The number of aliphatic hydroxyl groups excluding tert-OH is 1. The van der Waals surface area contributed by atoms with Crippen LogP contribution < -0.4 is 5.32 Å². The van der Waals surface area contributed by atoms with E-state index in [2.05, 4.69) is 5.32 Å². The molecule has 0 spiro atoms. The molecule has 0 aromatic heterocycles. The number of nitrogens with one attached hydrogen (secondary N) is 1. The number of fused-ring (bicyclic) bond motifs is 1. The van der Waals surface area contributed by atoms with E-state index in [9.17, 15) is 9.59 Å². The summed E-state index contributed by atoms with van der Waals surface area (Å²) in [7, 11) is 0. The van der Waals surface area contributed by atoms with Crippen LogP contribution in [0.25, 0.3) is 0 Å². The van der Waals surface area contributed by atoms with Crippen molar-refractivity contribution < 1.29 is 19.4 Å². The standard InChI is InChI=1S/C14H15NO4/c16-7-8-19-13-6-5-12(14(18)15-9-17)10-3-1-2-4-11(10)13/h1-6,9-11,16H,7-8H2,(H,15,17,18). The van der Waals surface area contributed by atoms with E-state index in [4.69, 9.17) is 9.84 Å². The highest BCUT2D eigenvalue weighted by Gasteiger charge is 2.32. The van der Waals surface area contributed by atoms with Crippen LogP contribution in [0.5, 0.6) is 0 Å². The average molecular weight is 261 g/mol. The highest BCUT2D eigenvalue weighted by atomic mass is 16.5. The molecule has 2 atom stereocenters. The summed E-state index contributed by atoms with van der Waals surface area (Å²) in [5.41, 5.74) is 0.522. The van der Waals surface area contributed by atoms with E-state index in [-0.39, 0.29) is 25.0 Å². The van der Waals surface area contributed by atoms with Gasteiger partial charge in [0, 0.05) is 17.4 Å². The SMILES string of the molecule is O=CNC(=O)C1=CC=C(OCCO)C2C=CC=CC12. The van der Waals surface area contributed by atoms with Gasteiger partial charge in [-0.3, -0.25) is 14.9 Å². The molecule has 0 saturated carbocycles. The molecule has 0 bridgehead atoms. The molecule has 0 fully saturated rings. The molecule has 0 aromatic rings. The normalized spacial score (nSPS) is 24.1. The lowest BCUT2D eigenvalue weighted by Gasteiger charge is -2.30. The molecule has 0 aromatic carbocycles. The molecule has 0 aliphatic heterocycles. The van der Waals surface area contributed by atoms with E-state index in [1.807, 2.05) is 24.3 Å². The minimum absolute atomic E-state index is 0.0590. The van der Waals surface area contributed by atoms with Gasteiger partial charge in [-0.1, -0.05) is 24.3 Å². The number of ether oxygens (including phenoxy) is 1. The Kier molecular flexibility index (Phi) is 4.30. The van der Waals surface area contributed by atoms with E-state index < -0.39 is 5.91 Å². The van der Waals surface area contributed by atoms with Crippen molar-refractivity contribution in [1.82, 2.24) is 5.32 Å². The highest BCUT2D eigenvalue weighted by Crippen LogP contribution is 2.36. The molecule has 2 rings (SSSR count). The third-order valence-electron chi connectivity index (χ3n) is 3.06. The highest BCUT2D eigenvalue weighted by molar-refractivity contribution is 6.00. The smallest absolute Gasteiger partial charge is 0.254 e. The zero-order chi connectivity index (χ0) is 13.7. The summed E-state index contributed by atoms with van der Waals surface area (Å²) >= 11 is 0. The van der Waals surface area contributed by atoms with Crippen LogP contribution in [0.3, 0.4) is 0 Å². The predicted octanol–water partition coefficient (Wildman–Crippen LogP) is 0.450. The quantitative estimate of drug-likeness (QED) is 0.705. The summed E-state index contributed by atoms with van der Waals surface area (Å²) in [4.78, 5) is 22.2. The Morgan fingerprint density at radius 2 is 2.05 bits per heavy atom. The van der Waals surface area contributed by atoms with Gasteiger partial charge >= 0.3 is 0 Å². The molecule has 100 valence electrons. The molecule has 2 unspecified atom stereocenters. The molecule has 0 heterocycles. The Morgan fingerprint density at radius 1 is 1.32 bits per heavy atom. The summed E-state index contributed by atoms with van der Waals surface area (Å²) in [5, 5.41) is 11.0. The second-order valence-corrected chi connectivity index (χ2v) is 4.18. The van der Waals surface area contributed by atoms with E-state index in [1.165, 1.54) is 0 Å². The number of allylic oxidation sites excluding steroid dienone is 6. The number of aliphatic hydroxyl groups is 1. The second kappa shape index (κ2) is 6.15. The zero-order valence-corrected chi connectivity index (χ0v) is 10.3. The molecular formula is C14H15NO4. The first kappa shape index (κ1) is 13.3. The maximum absolute atomic E-state index is 11.8. The van der Waals surface area contributed by atoms with Crippen LogP contribution in [0.2, 0.25) is 0 Å². The zero-order valence-electron chi connectivity index (χ0n) is 10.3. The van der Waals surface area contributed by atoms with Crippen molar-refractivity contribution in [3.05, 3.63) is 47.8 Å². The molecular weight excluding hydrogens is 246 g/mol. The van der Waals surface area contributed by atoms with Crippen LogP contribution >= 0.6 is 0 Å². The number of carbonyl (C=O) groups is 2. The van der Waals surface area contributed by atoms with Gasteiger partial charge in [-0.25, -0.2) is 0 Å². The fourth-order valence-corrected chi connectivity index (χ4v) is 2.24. The summed E-state index contributed by atoms with van der Waals surface area (Å²) in [6.07, 6.45) is 11.3. The van der Waals surface area contributed by atoms with Crippen LogP contribution in [0.1, 0.15) is 0 Å². The van der Waals surface area contributed by atoms with Crippen LogP contribution in [-0.2, 0) is 14.3 Å². The van der Waals surface area contributed by atoms with E-state index in [0.29, 0.717) is 17.7 Å². The molecule has 2 N–H and O–H groups in total. The molecule has 0 saturated heterocycles. The maximum Gasteiger partial charge on any atom is 0.254 e. The van der Waals surface area contributed by atoms with Crippen molar-refractivity contribution in [3.63, 3.8) is 0 Å². The maximum atomic E-state index is 11.8. The fraction of sp³-hybridized carbons (Fsp3) is 0.286. The van der Waals surface area contributed by atoms with Gasteiger partial charge in [-0.05, 0) is 12.2 Å². The van der Waals surface area contributed by atoms with Crippen LogP contribution in [0, 0.1) is 11.8 Å². The van der Waals surface area contributed by atoms with Gasteiger partial charge in [-0.2, -0.15) is 0 Å². The molecule has 19 heavy (non-hydrogen) atoms. The number of hydrogen-bond donors (Lipinski definition) is 2. The molecule has 0 radical (unpaired) electrons. The Labute approximate surface area is 110 Å². The summed E-state index contributed by atoms with van der Waals surface area (Å²) < 4.78 is 5.47. The van der Waals surface area contributed by atoms with Crippen molar-refractivity contribution in [2.75, 3.05) is 13.2 Å². The lowest BCUT2D eigenvalue weighted by molar-refractivity contribution is -0.122. The topological polar surface area (TPSA) is 75.6 Å². The van der Waals surface area contributed by atoms with Crippen LogP contribution in [0.4, 0.5) is 0 Å². The average Bonchev–Trinajstić information content (AvgIpc) is 2.45. The molecule has 5 heteroatoms. The summed E-state index contributed by atoms with van der Waals surface area (Å²) in [6, 6.07) is 0. The monoisotopic (exact) mass is 261 g/mol. The number of rotatable bonds is 5. The molecule has 5 nitrogen and oxygen atoms in total. The minimum Gasteiger partial charge on any atom is -0.495 e. The number of carbonyl (C=O) groups excluding carboxylic acids is 2. The Morgan fingerprint density at radius 3 is 2.74 bits per heavy atom. The predicted molar refractivity (Wildman–Crippen MR) is 68.7 cm³/mol. The van der Waals surface area contributed by atoms with Gasteiger partial charge in [0.1, 0.15) is 12.4 Å². The Bertz CT molecular complexity index is 488. The lowest BCUT2D eigenvalue weighted by Crippen LogP contribution is -2.32. The van der Waals surface area contributed by atoms with Crippen molar-refractivity contribution in [2.45, 2.75) is 0 Å². The number of amides is 2. The summed E-state index contributed by atoms with van der Waals surface area (Å²) in [6.45, 7) is 0.160. The summed E-state index contributed by atoms with van der Waals surface area (Å²) in [5.74, 6) is 0.0855. The Hall–Kier alpha value is -2.14. The first-order valence-corrected chi connectivity index (χ1v) is 6.03. The van der Waals surface area contributed by atoms with Gasteiger partial charge in [0.25, 0.3) is 5.91 Å². The van der Waals surface area contributed by atoms with E-state index >= 15 is 0 Å². The fourth-order valence-electron chi connectivity index (χ4n) is 2.24. The first-order valence-electron chi connectivity index (χ1n) is 6.03.